The normalized spacial score (nSPS) is 17.4. The molecule has 118 valence electrons. The fraction of sp³-hybridized carbons (Fsp3) is 0.524. The standard InChI is InChI=1S/C21H28O/c1-3-5-6-18-7-9-19(10-8-18)11-12-20-13-15-21(16-14-20)22-17-4-2/h9,13-16,18H,3-8,10,17H2,1-2H3. The van der Waals surface area contributed by atoms with Crippen molar-refractivity contribution in [1.82, 2.24) is 0 Å². The Bertz CT molecular complexity index is 527. The maximum atomic E-state index is 5.59. The van der Waals surface area contributed by atoms with Crippen molar-refractivity contribution in [1.29, 1.82) is 0 Å². The van der Waals surface area contributed by atoms with Gasteiger partial charge in [-0.05, 0) is 61.4 Å². The molecule has 1 heteroatoms. The van der Waals surface area contributed by atoms with Crippen LogP contribution >= 0.6 is 0 Å². The third-order valence-electron chi connectivity index (χ3n) is 4.18. The molecule has 2 rings (SSSR count). The van der Waals surface area contributed by atoms with Gasteiger partial charge in [-0.15, -0.1) is 0 Å². The van der Waals surface area contributed by atoms with Crippen LogP contribution in [0.5, 0.6) is 5.75 Å². The molecule has 0 spiro atoms. The first-order chi connectivity index (χ1) is 10.8. The lowest BCUT2D eigenvalue weighted by Gasteiger charge is -2.19. The summed E-state index contributed by atoms with van der Waals surface area (Å²) in [5.41, 5.74) is 2.39. The molecule has 0 heterocycles. The highest BCUT2D eigenvalue weighted by atomic mass is 16.5. The largest absolute Gasteiger partial charge is 0.494 e. The van der Waals surface area contributed by atoms with Crippen LogP contribution in [0.1, 0.15) is 64.4 Å². The number of hydrogen-bond donors (Lipinski definition) is 0. The molecule has 0 bridgehead atoms. The van der Waals surface area contributed by atoms with E-state index in [1.165, 1.54) is 37.7 Å². The second-order valence-corrected chi connectivity index (χ2v) is 6.13. The Hall–Kier alpha value is -1.68. The highest BCUT2D eigenvalue weighted by Crippen LogP contribution is 2.27. The van der Waals surface area contributed by atoms with E-state index in [0.717, 1.165) is 36.7 Å². The van der Waals surface area contributed by atoms with Crippen molar-refractivity contribution < 1.29 is 4.74 Å². The minimum absolute atomic E-state index is 0.775. The Morgan fingerprint density at radius 2 is 1.91 bits per heavy atom. The number of unbranched alkanes of at least 4 members (excludes halogenated alkanes) is 1. The molecule has 22 heavy (non-hydrogen) atoms. The molecule has 1 aromatic rings. The number of hydrogen-bond acceptors (Lipinski definition) is 1. The molecule has 0 aromatic heterocycles. The van der Waals surface area contributed by atoms with Crippen LogP contribution in [-0.2, 0) is 0 Å². The summed E-state index contributed by atoms with van der Waals surface area (Å²) in [6.45, 7) is 5.16. The van der Waals surface area contributed by atoms with E-state index in [2.05, 4.69) is 31.8 Å². The third-order valence-corrected chi connectivity index (χ3v) is 4.18. The molecule has 0 saturated carbocycles. The van der Waals surface area contributed by atoms with Gasteiger partial charge in [0.2, 0.25) is 0 Å². The van der Waals surface area contributed by atoms with Gasteiger partial charge in [-0.1, -0.05) is 51.0 Å². The van der Waals surface area contributed by atoms with Crippen LogP contribution in [0.15, 0.2) is 35.9 Å². The highest BCUT2D eigenvalue weighted by Gasteiger charge is 2.12. The SMILES string of the molecule is CCCCC1CC=C(C#Cc2ccc(OCCC)cc2)CC1. The second kappa shape index (κ2) is 9.36. The lowest BCUT2D eigenvalue weighted by Crippen LogP contribution is -2.05. The van der Waals surface area contributed by atoms with Gasteiger partial charge in [-0.2, -0.15) is 0 Å². The molecule has 1 nitrogen and oxygen atoms in total. The van der Waals surface area contributed by atoms with Crippen LogP contribution in [0.2, 0.25) is 0 Å². The Kier molecular flexibility index (Phi) is 7.10. The van der Waals surface area contributed by atoms with Crippen molar-refractivity contribution >= 4 is 0 Å². The van der Waals surface area contributed by atoms with Gasteiger partial charge in [0.1, 0.15) is 5.75 Å². The summed E-state index contributed by atoms with van der Waals surface area (Å²) < 4.78 is 5.59. The predicted octanol–water partition coefficient (Wildman–Crippen LogP) is 5.74. The smallest absolute Gasteiger partial charge is 0.119 e. The number of allylic oxidation sites excluding steroid dienone is 2. The van der Waals surface area contributed by atoms with Gasteiger partial charge < -0.3 is 4.74 Å². The maximum Gasteiger partial charge on any atom is 0.119 e. The summed E-state index contributed by atoms with van der Waals surface area (Å²) >= 11 is 0. The zero-order valence-corrected chi connectivity index (χ0v) is 14.0. The summed E-state index contributed by atoms with van der Waals surface area (Å²) in [5, 5.41) is 0. The van der Waals surface area contributed by atoms with Crippen molar-refractivity contribution in [2.45, 2.75) is 58.8 Å². The zero-order chi connectivity index (χ0) is 15.6. The van der Waals surface area contributed by atoms with Crippen molar-refractivity contribution in [2.75, 3.05) is 6.61 Å². The molecule has 1 unspecified atom stereocenters. The first-order valence-corrected chi connectivity index (χ1v) is 8.75. The van der Waals surface area contributed by atoms with Gasteiger partial charge in [0.05, 0.1) is 6.61 Å². The minimum Gasteiger partial charge on any atom is -0.494 e. The van der Waals surface area contributed by atoms with E-state index in [-0.39, 0.29) is 0 Å². The van der Waals surface area contributed by atoms with E-state index in [4.69, 9.17) is 4.74 Å². The fourth-order valence-corrected chi connectivity index (χ4v) is 2.76. The van der Waals surface area contributed by atoms with E-state index in [9.17, 15) is 0 Å². The number of rotatable bonds is 6. The third kappa shape index (κ3) is 5.60. The summed E-state index contributed by atoms with van der Waals surface area (Å²) in [6.07, 6.45) is 11.1. The molecule has 0 aliphatic heterocycles. The second-order valence-electron chi connectivity index (χ2n) is 6.13. The van der Waals surface area contributed by atoms with Crippen LogP contribution in [0.4, 0.5) is 0 Å². The Labute approximate surface area is 135 Å². The van der Waals surface area contributed by atoms with Gasteiger partial charge in [-0.25, -0.2) is 0 Å². The zero-order valence-electron chi connectivity index (χ0n) is 14.0. The van der Waals surface area contributed by atoms with E-state index < -0.39 is 0 Å². The van der Waals surface area contributed by atoms with Crippen LogP contribution < -0.4 is 4.74 Å². The average molecular weight is 296 g/mol. The van der Waals surface area contributed by atoms with Crippen LogP contribution in [0, 0.1) is 17.8 Å². The summed E-state index contributed by atoms with van der Waals surface area (Å²) in [6, 6.07) is 8.11. The Balaban J connectivity index is 1.86. The molecular weight excluding hydrogens is 268 g/mol. The minimum atomic E-state index is 0.775. The van der Waals surface area contributed by atoms with Crippen molar-refractivity contribution in [3.05, 3.63) is 41.5 Å². The molecule has 0 amide bonds. The average Bonchev–Trinajstić information content (AvgIpc) is 2.58. The van der Waals surface area contributed by atoms with Gasteiger partial charge in [0, 0.05) is 5.56 Å². The number of benzene rings is 1. The Morgan fingerprint density at radius 1 is 1.09 bits per heavy atom. The first-order valence-electron chi connectivity index (χ1n) is 8.75. The van der Waals surface area contributed by atoms with Gasteiger partial charge in [0.25, 0.3) is 0 Å². The first kappa shape index (κ1) is 16.7. The topological polar surface area (TPSA) is 9.23 Å². The monoisotopic (exact) mass is 296 g/mol. The molecule has 0 saturated heterocycles. The van der Waals surface area contributed by atoms with Crippen molar-refractivity contribution in [3.8, 4) is 17.6 Å². The summed E-state index contributed by atoms with van der Waals surface area (Å²) in [5.74, 6) is 8.45. The summed E-state index contributed by atoms with van der Waals surface area (Å²) in [7, 11) is 0. The molecule has 1 aromatic carbocycles. The molecule has 0 radical (unpaired) electrons. The quantitative estimate of drug-likeness (QED) is 0.608. The maximum absolute atomic E-state index is 5.59. The van der Waals surface area contributed by atoms with Gasteiger partial charge in [-0.3, -0.25) is 0 Å². The lowest BCUT2D eigenvalue weighted by atomic mass is 9.86. The van der Waals surface area contributed by atoms with Crippen LogP contribution in [-0.4, -0.2) is 6.61 Å². The Morgan fingerprint density at radius 3 is 2.55 bits per heavy atom. The number of ether oxygens (including phenoxy) is 1. The molecule has 1 atom stereocenters. The van der Waals surface area contributed by atoms with E-state index in [1.54, 1.807) is 0 Å². The molecule has 1 aliphatic carbocycles. The van der Waals surface area contributed by atoms with Gasteiger partial charge in [0.15, 0.2) is 0 Å². The molecule has 1 aliphatic rings. The molecule has 0 N–H and O–H groups in total. The summed E-state index contributed by atoms with van der Waals surface area (Å²) in [4.78, 5) is 0. The fourth-order valence-electron chi connectivity index (χ4n) is 2.76. The molecular formula is C21H28O. The van der Waals surface area contributed by atoms with E-state index in [1.807, 2.05) is 24.3 Å². The van der Waals surface area contributed by atoms with Crippen LogP contribution in [0.25, 0.3) is 0 Å². The van der Waals surface area contributed by atoms with E-state index >= 15 is 0 Å². The van der Waals surface area contributed by atoms with E-state index in [0.29, 0.717) is 0 Å². The highest BCUT2D eigenvalue weighted by molar-refractivity contribution is 5.43. The van der Waals surface area contributed by atoms with Gasteiger partial charge >= 0.3 is 0 Å². The predicted molar refractivity (Wildman–Crippen MR) is 94.1 cm³/mol. The molecule has 0 fully saturated rings. The van der Waals surface area contributed by atoms with Crippen molar-refractivity contribution in [2.24, 2.45) is 5.92 Å². The van der Waals surface area contributed by atoms with Crippen molar-refractivity contribution in [3.63, 3.8) is 0 Å². The van der Waals surface area contributed by atoms with Crippen LogP contribution in [0.3, 0.4) is 0 Å². The lowest BCUT2D eigenvalue weighted by molar-refractivity contribution is 0.317.